The summed E-state index contributed by atoms with van der Waals surface area (Å²) in [4.78, 5) is 5.14. The van der Waals surface area contributed by atoms with E-state index in [9.17, 15) is 0 Å². The molecule has 0 saturated heterocycles. The molecule has 2 nitrogen and oxygen atoms in total. The normalized spacial score (nSPS) is 15.5. The van der Waals surface area contributed by atoms with E-state index in [1.807, 2.05) is 6.07 Å². The van der Waals surface area contributed by atoms with Gasteiger partial charge < -0.3 is 4.52 Å². The summed E-state index contributed by atoms with van der Waals surface area (Å²) in [5.74, 6) is 0. The van der Waals surface area contributed by atoms with Crippen molar-refractivity contribution in [1.82, 2.24) is 4.98 Å². The van der Waals surface area contributed by atoms with Crippen molar-refractivity contribution >= 4 is 18.8 Å². The van der Waals surface area contributed by atoms with Crippen LogP contribution in [0.1, 0.15) is 41.3 Å². The predicted molar refractivity (Wildman–Crippen MR) is 135 cm³/mol. The van der Waals surface area contributed by atoms with Crippen LogP contribution in [0.5, 0.6) is 0 Å². The van der Waals surface area contributed by atoms with Crippen LogP contribution in [-0.2, 0) is 10.9 Å². The van der Waals surface area contributed by atoms with Crippen molar-refractivity contribution < 1.29 is 4.52 Å². The van der Waals surface area contributed by atoms with Gasteiger partial charge in [0.1, 0.15) is 6.10 Å². The zero-order chi connectivity index (χ0) is 21.9. The molecule has 0 spiro atoms. The number of aryl methyl sites for hydroxylation is 3. The Kier molecular flexibility index (Phi) is 6.17. The van der Waals surface area contributed by atoms with Gasteiger partial charge in [0.25, 0.3) is 0 Å². The van der Waals surface area contributed by atoms with E-state index >= 15 is 0 Å². The lowest BCUT2D eigenvalue weighted by Crippen LogP contribution is -2.22. The molecular formula is C29H28NOP. The van der Waals surface area contributed by atoms with E-state index in [-0.39, 0.29) is 6.10 Å². The summed E-state index contributed by atoms with van der Waals surface area (Å²) < 4.78 is 7.04. The predicted octanol–water partition coefficient (Wildman–Crippen LogP) is 6.81. The van der Waals surface area contributed by atoms with Crippen LogP contribution in [0.3, 0.4) is 0 Å². The van der Waals surface area contributed by atoms with Crippen LogP contribution in [0, 0.1) is 13.8 Å². The Labute approximate surface area is 192 Å². The highest BCUT2D eigenvalue weighted by Crippen LogP contribution is 2.46. The van der Waals surface area contributed by atoms with Gasteiger partial charge >= 0.3 is 0 Å². The molecule has 1 heterocycles. The van der Waals surface area contributed by atoms with Crippen molar-refractivity contribution in [3.05, 3.63) is 113 Å². The average Bonchev–Trinajstić information content (AvgIpc) is 2.84. The summed E-state index contributed by atoms with van der Waals surface area (Å²) in [6, 6.07) is 32.1. The Bertz CT molecular complexity index is 1180. The van der Waals surface area contributed by atoms with Gasteiger partial charge in [0.15, 0.2) is 0 Å². The molecule has 1 aliphatic rings. The van der Waals surface area contributed by atoms with Crippen molar-refractivity contribution in [3.63, 3.8) is 0 Å². The van der Waals surface area contributed by atoms with Crippen LogP contribution in [0.4, 0.5) is 0 Å². The molecule has 1 unspecified atom stereocenters. The van der Waals surface area contributed by atoms with Gasteiger partial charge in [0.2, 0.25) is 0 Å². The van der Waals surface area contributed by atoms with Gasteiger partial charge in [-0.2, -0.15) is 0 Å². The van der Waals surface area contributed by atoms with E-state index in [0.717, 1.165) is 36.2 Å². The molecule has 0 saturated carbocycles. The first-order valence-corrected chi connectivity index (χ1v) is 12.6. The van der Waals surface area contributed by atoms with E-state index in [0.29, 0.717) is 0 Å². The van der Waals surface area contributed by atoms with Gasteiger partial charge in [0.05, 0.1) is 19.5 Å². The molecule has 0 amide bonds. The molecule has 160 valence electrons. The third-order valence-corrected chi connectivity index (χ3v) is 8.54. The Morgan fingerprint density at radius 1 is 0.750 bits per heavy atom. The van der Waals surface area contributed by atoms with Crippen LogP contribution in [0.2, 0.25) is 0 Å². The molecule has 5 rings (SSSR count). The lowest BCUT2D eigenvalue weighted by atomic mass is 9.93. The number of fused-ring (bicyclic) bond motifs is 1. The van der Waals surface area contributed by atoms with E-state index in [4.69, 9.17) is 9.51 Å². The van der Waals surface area contributed by atoms with E-state index in [1.165, 1.54) is 27.3 Å². The Balaban J connectivity index is 1.56. The minimum absolute atomic E-state index is 0.00716. The fourth-order valence-electron chi connectivity index (χ4n) is 4.43. The average molecular weight is 438 g/mol. The molecule has 0 radical (unpaired) electrons. The van der Waals surface area contributed by atoms with Gasteiger partial charge in [-0.3, -0.25) is 0 Å². The van der Waals surface area contributed by atoms with Crippen molar-refractivity contribution in [3.8, 4) is 11.3 Å². The molecule has 0 fully saturated rings. The first kappa shape index (κ1) is 21.1. The number of rotatable bonds is 5. The molecule has 0 aliphatic heterocycles. The number of hydrogen-bond acceptors (Lipinski definition) is 2. The molecule has 32 heavy (non-hydrogen) atoms. The monoisotopic (exact) mass is 437 g/mol. The maximum atomic E-state index is 7.04. The van der Waals surface area contributed by atoms with E-state index in [2.05, 4.69) is 98.8 Å². The first-order chi connectivity index (χ1) is 15.7. The molecule has 1 aliphatic carbocycles. The molecule has 3 heteroatoms. The largest absolute Gasteiger partial charge is 0.340 e. The SMILES string of the molecule is Cc1ccccc1P(OC1CCCc2ccc(-c3ccccc3)nc21)c1ccccc1C. The Morgan fingerprint density at radius 2 is 1.38 bits per heavy atom. The van der Waals surface area contributed by atoms with Gasteiger partial charge in [-0.15, -0.1) is 0 Å². The Hall–Kier alpha value is -2.80. The second-order valence-electron chi connectivity index (χ2n) is 8.46. The summed E-state index contributed by atoms with van der Waals surface area (Å²) in [6.45, 7) is 4.37. The second-order valence-corrected chi connectivity index (χ2v) is 10.2. The second kappa shape index (κ2) is 9.36. The number of pyridine rings is 1. The summed E-state index contributed by atoms with van der Waals surface area (Å²) in [5.41, 5.74) is 7.18. The topological polar surface area (TPSA) is 22.1 Å². The molecule has 4 aromatic rings. The minimum atomic E-state index is -0.944. The number of aromatic nitrogens is 1. The highest BCUT2D eigenvalue weighted by molar-refractivity contribution is 7.68. The maximum Gasteiger partial charge on any atom is 0.105 e. The third kappa shape index (κ3) is 4.26. The smallest absolute Gasteiger partial charge is 0.105 e. The summed E-state index contributed by atoms with van der Waals surface area (Å²) in [7, 11) is -0.944. The summed E-state index contributed by atoms with van der Waals surface area (Å²) >= 11 is 0. The summed E-state index contributed by atoms with van der Waals surface area (Å²) in [5, 5.41) is 2.59. The number of hydrogen-bond donors (Lipinski definition) is 0. The highest BCUT2D eigenvalue weighted by Gasteiger charge is 2.29. The minimum Gasteiger partial charge on any atom is -0.340 e. The molecule has 0 bridgehead atoms. The van der Waals surface area contributed by atoms with Gasteiger partial charge in [-0.25, -0.2) is 4.98 Å². The van der Waals surface area contributed by atoms with Crippen LogP contribution in [-0.4, -0.2) is 4.98 Å². The Morgan fingerprint density at radius 3 is 2.03 bits per heavy atom. The zero-order valence-electron chi connectivity index (χ0n) is 18.7. The number of benzene rings is 3. The van der Waals surface area contributed by atoms with Crippen LogP contribution >= 0.6 is 8.15 Å². The molecular weight excluding hydrogens is 409 g/mol. The molecule has 3 aromatic carbocycles. The van der Waals surface area contributed by atoms with Crippen molar-refractivity contribution in [2.75, 3.05) is 0 Å². The zero-order valence-corrected chi connectivity index (χ0v) is 19.6. The van der Waals surface area contributed by atoms with Crippen molar-refractivity contribution in [1.29, 1.82) is 0 Å². The lowest BCUT2D eigenvalue weighted by Gasteiger charge is -2.30. The van der Waals surface area contributed by atoms with Crippen LogP contribution in [0.15, 0.2) is 91.0 Å². The van der Waals surface area contributed by atoms with Crippen LogP contribution in [0.25, 0.3) is 11.3 Å². The van der Waals surface area contributed by atoms with E-state index < -0.39 is 8.15 Å². The fraction of sp³-hybridized carbons (Fsp3) is 0.207. The lowest BCUT2D eigenvalue weighted by molar-refractivity contribution is 0.205. The van der Waals surface area contributed by atoms with Gasteiger partial charge in [-0.05, 0) is 55.9 Å². The number of nitrogens with zero attached hydrogens (tertiary/aromatic N) is 1. The third-order valence-electron chi connectivity index (χ3n) is 6.20. The van der Waals surface area contributed by atoms with E-state index in [1.54, 1.807) is 0 Å². The molecule has 1 atom stereocenters. The first-order valence-electron chi connectivity index (χ1n) is 11.3. The maximum absolute atomic E-state index is 7.04. The molecule has 1 aromatic heterocycles. The molecule has 0 N–H and O–H groups in total. The van der Waals surface area contributed by atoms with Gasteiger partial charge in [-0.1, -0.05) is 84.9 Å². The summed E-state index contributed by atoms with van der Waals surface area (Å²) in [6.07, 6.45) is 3.22. The van der Waals surface area contributed by atoms with Gasteiger partial charge in [0, 0.05) is 16.2 Å². The quantitative estimate of drug-likeness (QED) is 0.320. The van der Waals surface area contributed by atoms with Crippen molar-refractivity contribution in [2.45, 2.75) is 39.2 Å². The standard InChI is InChI=1S/C29H28NOP/c1-21-11-6-8-17-27(21)32(28-18-9-7-12-22(28)2)31-26-16-10-15-24-19-20-25(30-29(24)26)23-13-4-3-5-14-23/h3-9,11-14,17-20,26H,10,15-16H2,1-2H3. The van der Waals surface area contributed by atoms with Crippen LogP contribution < -0.4 is 10.6 Å². The highest BCUT2D eigenvalue weighted by atomic mass is 31.1. The fourth-order valence-corrected chi connectivity index (χ4v) is 6.61. The van der Waals surface area contributed by atoms with Crippen molar-refractivity contribution in [2.24, 2.45) is 0 Å².